The number of carbonyl (C=O) groups is 2. The number of carbonyl (C=O) groups excluding carboxylic acids is 2. The number of anilines is 2. The fourth-order valence-electron chi connectivity index (χ4n) is 3.17. The number of hydrogen-bond donors (Lipinski definition) is 2. The summed E-state index contributed by atoms with van der Waals surface area (Å²) in [5.41, 5.74) is 1.92. The molecular formula is C21H20N4O4S. The monoisotopic (exact) mass is 424 g/mol. The minimum Gasteiger partial charge on any atom is -0.497 e. The highest BCUT2D eigenvalue weighted by atomic mass is 32.1. The third-order valence-corrected chi connectivity index (χ3v) is 5.57. The van der Waals surface area contributed by atoms with Crippen LogP contribution in [-0.2, 0) is 13.1 Å². The maximum atomic E-state index is 12.7. The molecule has 0 saturated heterocycles. The first-order chi connectivity index (χ1) is 14.6. The number of benzene rings is 2. The standard InChI is InChI=1S/C21H20N4O4S/c1-28-14-8-9-16(29-2)15(10-14)22-20(27)24-21-23-18-17(30-21)12-25(19(18)26)11-13-6-4-3-5-7-13/h3-10H,11-12H2,1-2H3,(H2,22,23,24,27). The Bertz CT molecular complexity index is 1080. The number of nitrogens with one attached hydrogen (secondary N) is 2. The number of methoxy groups -OCH3 is 2. The summed E-state index contributed by atoms with van der Waals surface area (Å²) in [4.78, 5) is 32.0. The maximum absolute atomic E-state index is 12.7. The van der Waals surface area contributed by atoms with Crippen LogP contribution in [0.1, 0.15) is 20.9 Å². The molecule has 0 radical (unpaired) electrons. The molecule has 2 heterocycles. The summed E-state index contributed by atoms with van der Waals surface area (Å²) in [5.74, 6) is 0.954. The van der Waals surface area contributed by atoms with Crippen molar-refractivity contribution in [2.24, 2.45) is 0 Å². The summed E-state index contributed by atoms with van der Waals surface area (Å²) in [6, 6.07) is 14.4. The summed E-state index contributed by atoms with van der Waals surface area (Å²) in [6.07, 6.45) is 0. The zero-order chi connectivity index (χ0) is 21.1. The number of ether oxygens (including phenoxy) is 2. The number of fused-ring (bicyclic) bond motifs is 1. The molecule has 0 bridgehead atoms. The van der Waals surface area contributed by atoms with Crippen molar-refractivity contribution in [1.29, 1.82) is 0 Å². The van der Waals surface area contributed by atoms with Gasteiger partial charge in [-0.1, -0.05) is 41.7 Å². The molecule has 4 rings (SSSR count). The first kappa shape index (κ1) is 19.7. The summed E-state index contributed by atoms with van der Waals surface area (Å²) in [5, 5.41) is 5.77. The molecule has 2 aromatic carbocycles. The van der Waals surface area contributed by atoms with Gasteiger partial charge in [-0.3, -0.25) is 10.1 Å². The van der Waals surface area contributed by atoms with Crippen LogP contribution >= 0.6 is 11.3 Å². The number of aromatic nitrogens is 1. The van der Waals surface area contributed by atoms with Gasteiger partial charge in [0.2, 0.25) is 0 Å². The first-order valence-corrected chi connectivity index (χ1v) is 10.0. The molecule has 2 N–H and O–H groups in total. The second-order valence-electron chi connectivity index (χ2n) is 6.58. The predicted molar refractivity (Wildman–Crippen MR) is 114 cm³/mol. The fourth-order valence-corrected chi connectivity index (χ4v) is 4.13. The SMILES string of the molecule is COc1ccc(OC)c(NC(=O)Nc2nc3c(s2)CN(Cc2ccccc2)C3=O)c1. The van der Waals surface area contributed by atoms with Crippen molar-refractivity contribution in [3.8, 4) is 11.5 Å². The van der Waals surface area contributed by atoms with E-state index in [4.69, 9.17) is 9.47 Å². The quantitative estimate of drug-likeness (QED) is 0.625. The van der Waals surface area contributed by atoms with E-state index in [1.807, 2.05) is 30.3 Å². The van der Waals surface area contributed by atoms with Crippen LogP contribution in [0, 0.1) is 0 Å². The Hall–Kier alpha value is -3.59. The molecule has 9 heteroatoms. The van der Waals surface area contributed by atoms with Gasteiger partial charge in [0.25, 0.3) is 5.91 Å². The lowest BCUT2D eigenvalue weighted by atomic mass is 10.2. The van der Waals surface area contributed by atoms with Crippen molar-refractivity contribution in [1.82, 2.24) is 9.88 Å². The summed E-state index contributed by atoms with van der Waals surface area (Å²) in [6.45, 7) is 1.01. The minimum absolute atomic E-state index is 0.131. The second-order valence-corrected chi connectivity index (χ2v) is 7.67. The van der Waals surface area contributed by atoms with E-state index in [2.05, 4.69) is 15.6 Å². The van der Waals surface area contributed by atoms with Gasteiger partial charge in [-0.15, -0.1) is 0 Å². The highest BCUT2D eigenvalue weighted by molar-refractivity contribution is 7.16. The molecular weight excluding hydrogens is 404 g/mol. The average Bonchev–Trinajstić information content (AvgIpc) is 3.27. The number of amides is 3. The molecule has 1 aliphatic rings. The Morgan fingerprint density at radius 1 is 1.13 bits per heavy atom. The van der Waals surface area contributed by atoms with E-state index < -0.39 is 6.03 Å². The summed E-state index contributed by atoms with van der Waals surface area (Å²) < 4.78 is 10.4. The van der Waals surface area contributed by atoms with Gasteiger partial charge in [0.15, 0.2) is 5.13 Å². The van der Waals surface area contributed by atoms with Gasteiger partial charge >= 0.3 is 6.03 Å². The molecule has 0 atom stereocenters. The van der Waals surface area contributed by atoms with E-state index >= 15 is 0 Å². The molecule has 1 aromatic heterocycles. The minimum atomic E-state index is -0.484. The van der Waals surface area contributed by atoms with E-state index in [9.17, 15) is 9.59 Å². The molecule has 1 aliphatic heterocycles. The van der Waals surface area contributed by atoms with Crippen molar-refractivity contribution in [2.45, 2.75) is 13.1 Å². The van der Waals surface area contributed by atoms with Gasteiger partial charge in [-0.05, 0) is 17.7 Å². The van der Waals surface area contributed by atoms with Crippen molar-refractivity contribution in [2.75, 3.05) is 24.9 Å². The van der Waals surface area contributed by atoms with E-state index in [-0.39, 0.29) is 5.91 Å². The lowest BCUT2D eigenvalue weighted by molar-refractivity contribution is 0.0762. The van der Waals surface area contributed by atoms with Crippen LogP contribution in [0.25, 0.3) is 0 Å². The number of thiazole rings is 1. The lowest BCUT2D eigenvalue weighted by Crippen LogP contribution is -2.24. The molecule has 0 fully saturated rings. The van der Waals surface area contributed by atoms with Crippen molar-refractivity contribution in [3.63, 3.8) is 0 Å². The van der Waals surface area contributed by atoms with Crippen LogP contribution < -0.4 is 20.1 Å². The van der Waals surface area contributed by atoms with E-state index in [1.165, 1.54) is 18.4 Å². The number of rotatable bonds is 6. The number of hydrogen-bond acceptors (Lipinski definition) is 6. The maximum Gasteiger partial charge on any atom is 0.325 e. The predicted octanol–water partition coefficient (Wildman–Crippen LogP) is 3.96. The Morgan fingerprint density at radius 3 is 2.63 bits per heavy atom. The average molecular weight is 424 g/mol. The third kappa shape index (κ3) is 4.06. The van der Waals surface area contributed by atoms with Gasteiger partial charge < -0.3 is 19.7 Å². The van der Waals surface area contributed by atoms with Gasteiger partial charge in [0.05, 0.1) is 31.3 Å². The Labute approximate surface area is 177 Å². The molecule has 0 saturated carbocycles. The highest BCUT2D eigenvalue weighted by Crippen LogP contribution is 2.33. The summed E-state index contributed by atoms with van der Waals surface area (Å²) in [7, 11) is 3.06. The van der Waals surface area contributed by atoms with E-state index in [1.54, 1.807) is 30.2 Å². The largest absolute Gasteiger partial charge is 0.497 e. The first-order valence-electron chi connectivity index (χ1n) is 9.20. The number of urea groups is 1. The highest BCUT2D eigenvalue weighted by Gasteiger charge is 2.32. The van der Waals surface area contributed by atoms with Crippen LogP contribution in [-0.4, -0.2) is 36.0 Å². The zero-order valence-corrected chi connectivity index (χ0v) is 17.3. The normalized spacial score (nSPS) is 12.5. The Morgan fingerprint density at radius 2 is 1.93 bits per heavy atom. The van der Waals surface area contributed by atoms with Crippen molar-refractivity contribution in [3.05, 3.63) is 64.7 Å². The van der Waals surface area contributed by atoms with Crippen LogP contribution in [0.2, 0.25) is 0 Å². The fraction of sp³-hybridized carbons (Fsp3) is 0.190. The molecule has 0 spiro atoms. The second kappa shape index (κ2) is 8.42. The molecule has 154 valence electrons. The third-order valence-electron chi connectivity index (χ3n) is 4.61. The summed E-state index contributed by atoms with van der Waals surface area (Å²) >= 11 is 1.30. The zero-order valence-electron chi connectivity index (χ0n) is 16.5. The topological polar surface area (TPSA) is 92.8 Å². The smallest absolute Gasteiger partial charge is 0.325 e. The van der Waals surface area contributed by atoms with Crippen LogP contribution in [0.15, 0.2) is 48.5 Å². The van der Waals surface area contributed by atoms with Crippen molar-refractivity contribution < 1.29 is 19.1 Å². The van der Waals surface area contributed by atoms with E-state index in [0.717, 1.165) is 10.4 Å². The molecule has 3 aromatic rings. The number of nitrogens with zero attached hydrogens (tertiary/aromatic N) is 2. The Kier molecular flexibility index (Phi) is 5.53. The van der Waals surface area contributed by atoms with Crippen LogP contribution in [0.3, 0.4) is 0 Å². The molecule has 3 amide bonds. The molecule has 30 heavy (non-hydrogen) atoms. The van der Waals surface area contributed by atoms with Gasteiger partial charge in [-0.25, -0.2) is 9.78 Å². The molecule has 0 unspecified atom stereocenters. The van der Waals surface area contributed by atoms with Gasteiger partial charge in [0.1, 0.15) is 17.2 Å². The van der Waals surface area contributed by atoms with Crippen LogP contribution in [0.4, 0.5) is 15.6 Å². The van der Waals surface area contributed by atoms with Gasteiger partial charge in [-0.2, -0.15) is 0 Å². The Balaban J connectivity index is 1.41. The van der Waals surface area contributed by atoms with Crippen LogP contribution in [0.5, 0.6) is 11.5 Å². The van der Waals surface area contributed by atoms with Crippen molar-refractivity contribution >= 4 is 34.1 Å². The van der Waals surface area contributed by atoms with Gasteiger partial charge in [0, 0.05) is 12.6 Å². The van der Waals surface area contributed by atoms with E-state index in [0.29, 0.717) is 41.1 Å². The lowest BCUT2D eigenvalue weighted by Gasteiger charge is -2.15. The molecule has 0 aliphatic carbocycles. The molecule has 8 nitrogen and oxygen atoms in total.